The molecule has 44 heavy (non-hydrogen) atoms. The predicted molar refractivity (Wildman–Crippen MR) is 127 cm³/mol. The summed E-state index contributed by atoms with van der Waals surface area (Å²) in [6, 6.07) is 2.08. The van der Waals surface area contributed by atoms with Crippen molar-refractivity contribution in [2.45, 2.75) is 49.4 Å². The molecule has 0 bridgehead atoms. The molecule has 1 aliphatic rings. The number of aliphatic hydroxyl groups is 1. The smallest absolute Gasteiger partial charge is 0.382 e. The Balaban J connectivity index is 1.60. The molecule has 2 atom stereocenters. The number of nitrogens with one attached hydrogen (secondary N) is 1. The van der Waals surface area contributed by atoms with Crippen LogP contribution in [0.4, 0.5) is 54.1 Å². The van der Waals surface area contributed by atoms with Gasteiger partial charge in [-0.1, -0.05) is 12.1 Å². The summed E-state index contributed by atoms with van der Waals surface area (Å²) in [5.74, 6) is -3.68. The van der Waals surface area contributed by atoms with Crippen LogP contribution < -0.4 is 11.1 Å². The molecule has 0 aliphatic carbocycles. The van der Waals surface area contributed by atoms with E-state index < -0.39 is 96.8 Å². The summed E-state index contributed by atoms with van der Waals surface area (Å²) in [6.07, 6.45) is -21.4. The number of carbonyl (C=O) groups excluding carboxylic acids is 2. The maximum absolute atomic E-state index is 14.7. The third kappa shape index (κ3) is 5.81. The molecule has 3 heterocycles. The van der Waals surface area contributed by atoms with Crippen LogP contribution in [0.25, 0.3) is 16.8 Å². The molecule has 1 saturated heterocycles. The van der Waals surface area contributed by atoms with Crippen LogP contribution in [-0.4, -0.2) is 79.7 Å². The van der Waals surface area contributed by atoms with Crippen molar-refractivity contribution < 1.29 is 63.0 Å². The van der Waals surface area contributed by atoms with Crippen molar-refractivity contribution in [3.63, 3.8) is 0 Å². The van der Waals surface area contributed by atoms with Crippen molar-refractivity contribution in [1.29, 1.82) is 0 Å². The van der Waals surface area contributed by atoms with Crippen LogP contribution in [0.15, 0.2) is 30.6 Å². The van der Waals surface area contributed by atoms with Gasteiger partial charge in [0, 0.05) is 17.7 Å². The first kappa shape index (κ1) is 32.7. The van der Waals surface area contributed by atoms with Crippen LogP contribution in [0.5, 0.6) is 0 Å². The van der Waals surface area contributed by atoms with E-state index in [1.54, 1.807) is 0 Å². The molecule has 20 heteroatoms. The van der Waals surface area contributed by atoms with E-state index in [-0.39, 0.29) is 21.7 Å². The minimum atomic E-state index is -6.30. The number of halogens is 11. The number of nitrogen functional groups attached to an aromatic ring is 1. The van der Waals surface area contributed by atoms with Crippen LogP contribution >= 0.6 is 0 Å². The lowest BCUT2D eigenvalue weighted by Gasteiger charge is -2.32. The number of aromatic nitrogens is 3. The molecule has 2 amide bonds. The Morgan fingerprint density at radius 3 is 2.23 bits per heavy atom. The van der Waals surface area contributed by atoms with Gasteiger partial charge in [0.2, 0.25) is 5.91 Å². The fourth-order valence-electron chi connectivity index (χ4n) is 4.60. The lowest BCUT2D eigenvalue weighted by Crippen LogP contribution is -2.59. The van der Waals surface area contributed by atoms with E-state index in [1.165, 1.54) is 0 Å². The number of carbonyl (C=O) groups is 2. The van der Waals surface area contributed by atoms with Gasteiger partial charge in [-0.05, 0) is 17.7 Å². The molecule has 240 valence electrons. The Morgan fingerprint density at radius 2 is 1.66 bits per heavy atom. The highest BCUT2D eigenvalue weighted by atomic mass is 19.4. The number of hydrogen-bond donors (Lipinski definition) is 3. The topological polar surface area (TPSA) is 126 Å². The lowest BCUT2D eigenvalue weighted by atomic mass is 9.97. The van der Waals surface area contributed by atoms with Crippen LogP contribution in [-0.2, 0) is 17.6 Å². The number of alkyl halides is 11. The second-order valence-corrected chi connectivity index (χ2v) is 9.78. The van der Waals surface area contributed by atoms with E-state index in [2.05, 4.69) is 15.4 Å². The van der Waals surface area contributed by atoms with Gasteiger partial charge in [-0.3, -0.25) is 9.59 Å². The highest BCUT2D eigenvalue weighted by molar-refractivity contribution is 5.97. The summed E-state index contributed by atoms with van der Waals surface area (Å²) in [5, 5.41) is 15.1. The molecular formula is C24H19F11N6O3. The summed E-state index contributed by atoms with van der Waals surface area (Å²) >= 11 is 0. The van der Waals surface area contributed by atoms with Gasteiger partial charge in [-0.25, -0.2) is 18.3 Å². The lowest BCUT2D eigenvalue weighted by molar-refractivity contribution is -0.367. The fourth-order valence-corrected chi connectivity index (χ4v) is 4.60. The standard InChI is InChI=1S/C24H19F11N6O3/c25-6-11-2-1-10(16-4-13(22(27,28)29)18-19(36)37-9-38-41(16)18)3-12(11)20(43)39-15-8-40(7-14(15)26)17(42)5-21(44,23(30,31)32)24(33,34)35/h1-4,9,14-15,44H,5-8H2,(H,39,43)(H2,36,37,38)/t14-,15+/m0/s1. The van der Waals surface area contributed by atoms with Gasteiger partial charge >= 0.3 is 18.5 Å². The normalized spacial score (nSPS) is 18.2. The number of amides is 2. The number of fused-ring (bicyclic) bond motifs is 1. The Morgan fingerprint density at radius 1 is 1.02 bits per heavy atom. The van der Waals surface area contributed by atoms with E-state index in [0.29, 0.717) is 6.07 Å². The first-order valence-electron chi connectivity index (χ1n) is 12.2. The summed E-state index contributed by atoms with van der Waals surface area (Å²) in [4.78, 5) is 29.1. The average Bonchev–Trinajstić information content (AvgIpc) is 3.48. The van der Waals surface area contributed by atoms with Gasteiger partial charge in [0.1, 0.15) is 24.7 Å². The van der Waals surface area contributed by atoms with Crippen molar-refractivity contribution in [3.8, 4) is 11.3 Å². The molecule has 0 spiro atoms. The van der Waals surface area contributed by atoms with Crippen LogP contribution in [0.1, 0.15) is 27.9 Å². The highest BCUT2D eigenvalue weighted by Crippen LogP contribution is 2.45. The number of benzene rings is 1. The van der Waals surface area contributed by atoms with Gasteiger partial charge in [0.25, 0.3) is 11.5 Å². The quantitative estimate of drug-likeness (QED) is 0.348. The molecule has 1 aromatic carbocycles. The molecular weight excluding hydrogens is 629 g/mol. The molecule has 0 radical (unpaired) electrons. The third-order valence-electron chi connectivity index (χ3n) is 6.94. The molecule has 3 aromatic rings. The summed E-state index contributed by atoms with van der Waals surface area (Å²) in [6.45, 7) is -3.26. The first-order chi connectivity index (χ1) is 20.2. The molecule has 9 nitrogen and oxygen atoms in total. The van der Waals surface area contributed by atoms with Crippen molar-refractivity contribution in [1.82, 2.24) is 24.8 Å². The first-order valence-corrected chi connectivity index (χ1v) is 12.2. The maximum atomic E-state index is 14.7. The minimum Gasteiger partial charge on any atom is -0.382 e. The van der Waals surface area contributed by atoms with Crippen molar-refractivity contribution in [2.24, 2.45) is 0 Å². The second-order valence-electron chi connectivity index (χ2n) is 9.78. The maximum Gasteiger partial charge on any atom is 0.426 e. The zero-order chi connectivity index (χ0) is 33.0. The summed E-state index contributed by atoms with van der Waals surface area (Å²) in [7, 11) is 0. The molecule has 0 saturated carbocycles. The number of nitrogens with zero attached hydrogens (tertiary/aromatic N) is 4. The summed E-state index contributed by atoms with van der Waals surface area (Å²) in [5.41, 5.74) is -2.88. The minimum absolute atomic E-state index is 0.116. The van der Waals surface area contributed by atoms with Gasteiger partial charge < -0.3 is 21.1 Å². The fraction of sp³-hybridized carbons (Fsp3) is 0.417. The predicted octanol–water partition coefficient (Wildman–Crippen LogP) is 3.99. The monoisotopic (exact) mass is 648 g/mol. The van der Waals surface area contributed by atoms with Crippen LogP contribution in [0.3, 0.4) is 0 Å². The number of anilines is 1. The number of hydrogen-bond acceptors (Lipinski definition) is 6. The molecule has 0 unspecified atom stereocenters. The van der Waals surface area contributed by atoms with E-state index in [9.17, 15) is 63.0 Å². The van der Waals surface area contributed by atoms with Crippen molar-refractivity contribution >= 4 is 23.1 Å². The zero-order valence-electron chi connectivity index (χ0n) is 21.7. The third-order valence-corrected chi connectivity index (χ3v) is 6.94. The van der Waals surface area contributed by atoms with Gasteiger partial charge in [0.15, 0.2) is 5.82 Å². The number of likely N-dealkylation sites (tertiary alicyclic amines) is 1. The Hall–Kier alpha value is -4.23. The number of nitrogens with two attached hydrogens (primary N) is 1. The van der Waals surface area contributed by atoms with Crippen molar-refractivity contribution in [2.75, 3.05) is 18.8 Å². The van der Waals surface area contributed by atoms with Crippen LogP contribution in [0.2, 0.25) is 0 Å². The van der Waals surface area contributed by atoms with E-state index >= 15 is 0 Å². The summed E-state index contributed by atoms with van der Waals surface area (Å²) < 4.78 is 148. The van der Waals surface area contributed by atoms with E-state index in [1.807, 2.05) is 0 Å². The Bertz CT molecular complexity index is 1570. The SMILES string of the molecule is Nc1ncnn2c(-c3ccc(CF)c(C(=O)N[C@@H]4CN(C(=O)CC(O)(C(F)(F)F)C(F)(F)F)C[C@@H]4F)c3)cc(C(F)(F)F)c12. The molecule has 4 N–H and O–H groups in total. The van der Waals surface area contributed by atoms with E-state index in [4.69, 9.17) is 5.73 Å². The zero-order valence-corrected chi connectivity index (χ0v) is 21.7. The largest absolute Gasteiger partial charge is 0.426 e. The molecule has 2 aromatic heterocycles. The van der Waals surface area contributed by atoms with Crippen LogP contribution in [0, 0.1) is 0 Å². The van der Waals surface area contributed by atoms with Gasteiger partial charge in [-0.15, -0.1) is 0 Å². The highest BCUT2D eigenvalue weighted by Gasteiger charge is 2.71. The molecule has 4 rings (SSSR count). The molecule has 1 aliphatic heterocycles. The van der Waals surface area contributed by atoms with E-state index in [0.717, 1.165) is 29.0 Å². The Labute approximate surface area is 238 Å². The average molecular weight is 648 g/mol. The van der Waals surface area contributed by atoms with Gasteiger partial charge in [-0.2, -0.15) is 44.6 Å². The Kier molecular flexibility index (Phi) is 8.20. The number of rotatable bonds is 6. The molecule has 1 fully saturated rings. The van der Waals surface area contributed by atoms with Crippen molar-refractivity contribution in [3.05, 3.63) is 47.3 Å². The van der Waals surface area contributed by atoms with Gasteiger partial charge in [0.05, 0.1) is 30.3 Å². The second kappa shape index (κ2) is 11.0.